The van der Waals surface area contributed by atoms with Crippen LogP contribution in [0, 0.1) is 0 Å². The van der Waals surface area contributed by atoms with Crippen LogP contribution in [0.4, 0.5) is 0 Å². The molecule has 0 aliphatic carbocycles. The van der Waals surface area contributed by atoms with E-state index in [2.05, 4.69) is 0 Å². The third-order valence-electron chi connectivity index (χ3n) is 1.48. The fraction of sp³-hybridized carbons (Fsp3) is 0.250. The normalized spacial score (nSPS) is 11.7. The lowest BCUT2D eigenvalue weighted by Crippen LogP contribution is -2.04. The van der Waals surface area contributed by atoms with E-state index in [9.17, 15) is 13.0 Å². The summed E-state index contributed by atoms with van der Waals surface area (Å²) in [6.45, 7) is 0. The summed E-state index contributed by atoms with van der Waals surface area (Å²) in [5, 5.41) is 0. The van der Waals surface area contributed by atoms with Crippen molar-refractivity contribution < 1.29 is 13.0 Å². The molecule has 1 aromatic rings. The molecule has 0 atom stereocenters. The van der Waals surface area contributed by atoms with E-state index in [4.69, 9.17) is 0 Å². The fourth-order valence-electron chi connectivity index (χ4n) is 0.954. The van der Waals surface area contributed by atoms with Crippen molar-refractivity contribution in [1.29, 1.82) is 0 Å². The molecule has 0 heterocycles. The highest BCUT2D eigenvalue weighted by Crippen LogP contribution is 2.09. The first-order chi connectivity index (χ1) is 6.14. The molecule has 0 fully saturated rings. The van der Waals surface area contributed by atoms with Crippen LogP contribution in [0.3, 0.4) is 0 Å². The van der Waals surface area contributed by atoms with Crippen molar-refractivity contribution in [2.24, 2.45) is 0 Å². The molecule has 0 unspecified atom stereocenters. The summed E-state index contributed by atoms with van der Waals surface area (Å²) in [6.07, 6.45) is 0. The van der Waals surface area contributed by atoms with Crippen molar-refractivity contribution in [3.05, 3.63) is 35.9 Å². The van der Waals surface area contributed by atoms with Gasteiger partial charge in [-0.05, 0) is 5.56 Å². The van der Waals surface area contributed by atoms with Gasteiger partial charge in [0.2, 0.25) is 0 Å². The molecule has 0 N–H and O–H groups in total. The van der Waals surface area contributed by atoms with Gasteiger partial charge in [0.15, 0.2) is 18.3 Å². The second-order valence-electron chi connectivity index (χ2n) is 2.63. The van der Waals surface area contributed by atoms with Gasteiger partial charge in [-0.15, -0.1) is 0 Å². The molecule has 13 heavy (non-hydrogen) atoms. The van der Waals surface area contributed by atoms with Gasteiger partial charge in [-0.3, -0.25) is 4.57 Å². The van der Waals surface area contributed by atoms with Crippen LogP contribution in [0.5, 0.6) is 0 Å². The first kappa shape index (κ1) is 10.4. The topological polar surface area (TPSA) is 51.2 Å². The molecule has 70 valence electrons. The van der Waals surface area contributed by atoms with Crippen LogP contribution in [-0.4, -0.2) is 13.9 Å². The van der Waals surface area contributed by atoms with Gasteiger partial charge in [-0.25, -0.2) is 8.42 Å². The van der Waals surface area contributed by atoms with E-state index in [0.717, 1.165) is 5.56 Å². The fourth-order valence-corrected chi connectivity index (χ4v) is 2.66. The van der Waals surface area contributed by atoms with Crippen LogP contribution >= 0.6 is 8.46 Å². The van der Waals surface area contributed by atoms with Gasteiger partial charge in [0.1, 0.15) is 5.49 Å². The van der Waals surface area contributed by atoms with E-state index in [1.807, 2.05) is 6.07 Å². The second kappa shape index (κ2) is 4.49. The summed E-state index contributed by atoms with van der Waals surface area (Å²) in [4.78, 5) is 0. The van der Waals surface area contributed by atoms with E-state index >= 15 is 0 Å². The predicted molar refractivity (Wildman–Crippen MR) is 51.5 cm³/mol. The van der Waals surface area contributed by atoms with E-state index < -0.39 is 9.84 Å². The molecule has 0 amide bonds. The van der Waals surface area contributed by atoms with Crippen LogP contribution in [-0.2, 0) is 20.2 Å². The summed E-state index contributed by atoms with van der Waals surface area (Å²) in [6, 6.07) is 8.85. The van der Waals surface area contributed by atoms with Gasteiger partial charge < -0.3 is 0 Å². The Labute approximate surface area is 78.9 Å². The predicted octanol–water partition coefficient (Wildman–Crippen LogP) is 1.85. The van der Waals surface area contributed by atoms with E-state index in [1.165, 1.54) is 0 Å². The molecule has 0 aliphatic rings. The highest BCUT2D eigenvalue weighted by atomic mass is 32.2. The maximum atomic E-state index is 11.2. The van der Waals surface area contributed by atoms with Crippen LogP contribution in [0.1, 0.15) is 5.56 Å². The number of benzene rings is 1. The van der Waals surface area contributed by atoms with E-state index in [-0.39, 0.29) is 19.7 Å². The first-order valence-corrected chi connectivity index (χ1v) is 6.49. The number of sulfone groups is 1. The summed E-state index contributed by atoms with van der Waals surface area (Å²) in [7, 11) is -3.55. The van der Waals surface area contributed by atoms with Crippen molar-refractivity contribution in [2.45, 2.75) is 5.75 Å². The Kier molecular flexibility index (Phi) is 3.58. The molecular formula is C8H9O3PS. The molecule has 0 bridgehead atoms. The average Bonchev–Trinajstić information content (AvgIpc) is 2.04. The summed E-state index contributed by atoms with van der Waals surface area (Å²) in [5.74, 6) is -0.0386. The molecule has 0 radical (unpaired) electrons. The third-order valence-corrected chi connectivity index (χ3v) is 4.25. The monoisotopic (exact) mass is 216 g/mol. The minimum atomic E-state index is -3.21. The van der Waals surface area contributed by atoms with Gasteiger partial charge in [-0.1, -0.05) is 30.3 Å². The standard InChI is InChI=1S/C8H9O3PS/c9-12-7-13(10,11)6-8-4-2-1-3-5-8/h1-5H,6-7H2. The van der Waals surface area contributed by atoms with Crippen molar-refractivity contribution in [3.8, 4) is 0 Å². The Hall–Kier alpha value is -0.730. The van der Waals surface area contributed by atoms with Crippen molar-refractivity contribution in [1.82, 2.24) is 0 Å². The highest BCUT2D eigenvalue weighted by molar-refractivity contribution is 7.94. The van der Waals surface area contributed by atoms with E-state index in [0.29, 0.717) is 0 Å². The quantitative estimate of drug-likeness (QED) is 0.721. The minimum Gasteiger partial charge on any atom is -0.274 e. The van der Waals surface area contributed by atoms with Gasteiger partial charge in [0, 0.05) is 0 Å². The molecule has 0 aliphatic heterocycles. The molecular weight excluding hydrogens is 207 g/mol. The Balaban J connectivity index is 2.75. The van der Waals surface area contributed by atoms with Gasteiger partial charge in [-0.2, -0.15) is 0 Å². The van der Waals surface area contributed by atoms with Crippen molar-refractivity contribution in [3.63, 3.8) is 0 Å². The molecule has 5 heteroatoms. The second-order valence-corrected chi connectivity index (χ2v) is 5.70. The van der Waals surface area contributed by atoms with Crippen LogP contribution < -0.4 is 0 Å². The number of rotatable bonds is 4. The minimum absolute atomic E-state index is 0.0386. The van der Waals surface area contributed by atoms with Crippen LogP contribution in [0.25, 0.3) is 0 Å². The molecule has 0 aromatic heterocycles. The van der Waals surface area contributed by atoms with Gasteiger partial charge in [0.05, 0.1) is 5.75 Å². The van der Waals surface area contributed by atoms with Crippen molar-refractivity contribution in [2.75, 3.05) is 5.49 Å². The number of hydrogen-bond donors (Lipinski definition) is 0. The van der Waals surface area contributed by atoms with Gasteiger partial charge >= 0.3 is 0 Å². The lowest BCUT2D eigenvalue weighted by atomic mass is 10.2. The third kappa shape index (κ3) is 3.66. The van der Waals surface area contributed by atoms with Crippen LogP contribution in [0.15, 0.2) is 30.3 Å². The lowest BCUT2D eigenvalue weighted by Gasteiger charge is -1.98. The highest BCUT2D eigenvalue weighted by Gasteiger charge is 2.10. The Bertz CT molecular complexity index is 372. The zero-order valence-corrected chi connectivity index (χ0v) is 8.59. The maximum absolute atomic E-state index is 11.2. The largest absolute Gasteiger partial charge is 0.274 e. The molecule has 1 rings (SSSR count). The van der Waals surface area contributed by atoms with E-state index in [1.54, 1.807) is 24.3 Å². The molecule has 0 saturated heterocycles. The zero-order valence-electron chi connectivity index (χ0n) is 6.88. The maximum Gasteiger partial charge on any atom is 0.171 e. The zero-order chi connectivity index (χ0) is 9.73. The molecule has 0 saturated carbocycles. The van der Waals surface area contributed by atoms with Crippen LogP contribution in [0.2, 0.25) is 0 Å². The number of hydrogen-bond acceptors (Lipinski definition) is 3. The summed E-state index contributed by atoms with van der Waals surface area (Å²) in [5.41, 5.74) is 0.424. The first-order valence-electron chi connectivity index (χ1n) is 3.67. The Morgan fingerprint density at radius 2 is 1.77 bits per heavy atom. The Morgan fingerprint density at radius 1 is 1.15 bits per heavy atom. The van der Waals surface area contributed by atoms with Gasteiger partial charge in [0.25, 0.3) is 0 Å². The summed E-state index contributed by atoms with van der Waals surface area (Å²) < 4.78 is 32.5. The lowest BCUT2D eigenvalue weighted by molar-refractivity contribution is 0.592. The molecule has 3 nitrogen and oxygen atoms in total. The Morgan fingerprint density at radius 3 is 2.31 bits per heavy atom. The smallest absolute Gasteiger partial charge is 0.171 e. The molecule has 0 spiro atoms. The SMILES string of the molecule is O=PCS(=O)(=O)Cc1ccccc1. The average molecular weight is 216 g/mol. The van der Waals surface area contributed by atoms with Crippen molar-refractivity contribution >= 4 is 18.3 Å². The molecule has 1 aromatic carbocycles. The summed E-state index contributed by atoms with van der Waals surface area (Å²) >= 11 is 0.